The monoisotopic (exact) mass is 288 g/mol. The number of amides is 1. The minimum Gasteiger partial charge on any atom is -0.391 e. The molecule has 112 valence electrons. The van der Waals surface area contributed by atoms with Gasteiger partial charge in [-0.25, -0.2) is 4.98 Å². The summed E-state index contributed by atoms with van der Waals surface area (Å²) in [5, 5.41) is 19.2. The summed E-state index contributed by atoms with van der Waals surface area (Å²) in [6.07, 6.45) is 1.76. The largest absolute Gasteiger partial charge is 0.391 e. The Kier molecular flexibility index (Phi) is 5.05. The van der Waals surface area contributed by atoms with Crippen LogP contribution in [0.3, 0.4) is 0 Å². The zero-order valence-electron chi connectivity index (χ0n) is 12.2. The van der Waals surface area contributed by atoms with Gasteiger partial charge in [-0.15, -0.1) is 0 Å². The molecule has 0 fully saturated rings. The topological polar surface area (TPSA) is 90.9 Å². The third-order valence-corrected chi connectivity index (χ3v) is 3.59. The summed E-state index contributed by atoms with van der Waals surface area (Å²) < 4.78 is 0. The maximum Gasteiger partial charge on any atom is 0.251 e. The van der Waals surface area contributed by atoms with Gasteiger partial charge in [-0.1, -0.05) is 32.4 Å². The highest BCUT2D eigenvalue weighted by Crippen LogP contribution is 2.15. The Morgan fingerprint density at radius 2 is 2.29 bits per heavy atom. The van der Waals surface area contributed by atoms with Crippen molar-refractivity contribution >= 4 is 5.91 Å². The zero-order valence-corrected chi connectivity index (χ0v) is 12.2. The molecular formula is C15H20N4O2. The average molecular weight is 288 g/mol. The van der Waals surface area contributed by atoms with E-state index in [1.54, 1.807) is 18.2 Å². The lowest BCUT2D eigenvalue weighted by atomic mass is 10.0. The first kappa shape index (κ1) is 15.2. The fraction of sp³-hybridized carbons (Fsp3) is 0.400. The number of carbonyl (C=O) groups is 1. The number of aliphatic hydroxyl groups excluding tert-OH is 1. The van der Waals surface area contributed by atoms with Gasteiger partial charge in [0, 0.05) is 17.7 Å². The van der Waals surface area contributed by atoms with E-state index in [4.69, 9.17) is 0 Å². The number of aromatic nitrogens is 3. The summed E-state index contributed by atoms with van der Waals surface area (Å²) in [6, 6.07) is 7.11. The highest BCUT2D eigenvalue weighted by Gasteiger charge is 2.14. The van der Waals surface area contributed by atoms with Crippen LogP contribution in [0.2, 0.25) is 0 Å². The van der Waals surface area contributed by atoms with Crippen LogP contribution < -0.4 is 5.32 Å². The molecule has 1 aromatic carbocycles. The van der Waals surface area contributed by atoms with Gasteiger partial charge in [0.1, 0.15) is 6.33 Å². The normalized spacial score (nSPS) is 13.7. The third-order valence-electron chi connectivity index (χ3n) is 3.59. The number of rotatable bonds is 6. The Morgan fingerprint density at radius 1 is 1.48 bits per heavy atom. The molecule has 1 aromatic heterocycles. The number of aliphatic hydroxyl groups is 1. The van der Waals surface area contributed by atoms with Crippen LogP contribution in [0.5, 0.6) is 0 Å². The van der Waals surface area contributed by atoms with E-state index < -0.39 is 6.10 Å². The number of H-pyrrole nitrogens is 1. The number of nitrogens with zero attached hydrogens (tertiary/aromatic N) is 2. The second kappa shape index (κ2) is 6.99. The minimum atomic E-state index is -0.531. The molecule has 0 spiro atoms. The number of hydrogen-bond donors (Lipinski definition) is 3. The van der Waals surface area contributed by atoms with E-state index >= 15 is 0 Å². The fourth-order valence-electron chi connectivity index (χ4n) is 1.92. The molecule has 2 rings (SSSR count). The molecule has 2 unspecified atom stereocenters. The van der Waals surface area contributed by atoms with Gasteiger partial charge in [-0.05, 0) is 18.1 Å². The fourth-order valence-corrected chi connectivity index (χ4v) is 1.92. The molecule has 0 radical (unpaired) electrons. The van der Waals surface area contributed by atoms with Crippen LogP contribution in [0.1, 0.15) is 30.6 Å². The van der Waals surface area contributed by atoms with E-state index in [-0.39, 0.29) is 18.4 Å². The lowest BCUT2D eigenvalue weighted by Gasteiger charge is -2.17. The van der Waals surface area contributed by atoms with E-state index in [1.165, 1.54) is 6.33 Å². The summed E-state index contributed by atoms with van der Waals surface area (Å²) >= 11 is 0. The number of benzene rings is 1. The van der Waals surface area contributed by atoms with Crippen LogP contribution in [0, 0.1) is 5.92 Å². The van der Waals surface area contributed by atoms with Crippen molar-refractivity contribution in [2.45, 2.75) is 26.4 Å². The summed E-state index contributed by atoms with van der Waals surface area (Å²) in [5.41, 5.74) is 1.32. The average Bonchev–Trinajstić information content (AvgIpc) is 3.06. The molecule has 2 atom stereocenters. The minimum absolute atomic E-state index is 0.158. The van der Waals surface area contributed by atoms with Gasteiger partial charge in [0.15, 0.2) is 5.82 Å². The number of aromatic amines is 1. The quantitative estimate of drug-likeness (QED) is 0.753. The summed E-state index contributed by atoms with van der Waals surface area (Å²) in [6.45, 7) is 4.22. The van der Waals surface area contributed by atoms with Crippen molar-refractivity contribution in [2.75, 3.05) is 6.54 Å². The van der Waals surface area contributed by atoms with Crippen LogP contribution >= 0.6 is 0 Å². The van der Waals surface area contributed by atoms with Crippen LogP contribution in [0.25, 0.3) is 11.4 Å². The Balaban J connectivity index is 2.01. The van der Waals surface area contributed by atoms with Crippen molar-refractivity contribution in [3.05, 3.63) is 36.2 Å². The maximum absolute atomic E-state index is 12.1. The first-order valence-electron chi connectivity index (χ1n) is 7.04. The van der Waals surface area contributed by atoms with Crippen molar-refractivity contribution in [2.24, 2.45) is 5.92 Å². The highest BCUT2D eigenvalue weighted by atomic mass is 16.3. The van der Waals surface area contributed by atoms with Crippen molar-refractivity contribution in [3.8, 4) is 11.4 Å². The zero-order chi connectivity index (χ0) is 15.2. The van der Waals surface area contributed by atoms with Crippen molar-refractivity contribution in [1.29, 1.82) is 0 Å². The van der Waals surface area contributed by atoms with Gasteiger partial charge < -0.3 is 10.4 Å². The van der Waals surface area contributed by atoms with E-state index in [0.29, 0.717) is 11.4 Å². The molecule has 2 aromatic rings. The van der Waals surface area contributed by atoms with Gasteiger partial charge >= 0.3 is 0 Å². The smallest absolute Gasteiger partial charge is 0.251 e. The van der Waals surface area contributed by atoms with E-state index in [1.807, 2.05) is 19.9 Å². The third kappa shape index (κ3) is 3.88. The molecule has 0 saturated heterocycles. The maximum atomic E-state index is 12.1. The van der Waals surface area contributed by atoms with Crippen LogP contribution in [0.15, 0.2) is 30.6 Å². The van der Waals surface area contributed by atoms with Crippen LogP contribution in [0.4, 0.5) is 0 Å². The van der Waals surface area contributed by atoms with Crippen molar-refractivity contribution < 1.29 is 9.90 Å². The molecule has 3 N–H and O–H groups in total. The number of hydrogen-bond acceptors (Lipinski definition) is 4. The number of carbonyl (C=O) groups excluding carboxylic acids is 1. The molecule has 1 heterocycles. The lowest BCUT2D eigenvalue weighted by Crippen LogP contribution is -2.35. The molecule has 1 amide bonds. The Labute approximate surface area is 123 Å². The molecule has 6 nitrogen and oxygen atoms in total. The molecule has 0 aliphatic heterocycles. The first-order chi connectivity index (χ1) is 10.1. The summed E-state index contributed by atoms with van der Waals surface area (Å²) in [5.74, 6) is 0.564. The van der Waals surface area contributed by atoms with Gasteiger partial charge in [-0.2, -0.15) is 5.10 Å². The van der Waals surface area contributed by atoms with Crippen LogP contribution in [-0.4, -0.2) is 38.8 Å². The molecule has 0 saturated carbocycles. The Morgan fingerprint density at radius 3 is 2.95 bits per heavy atom. The summed E-state index contributed by atoms with van der Waals surface area (Å²) in [4.78, 5) is 16.2. The molecule has 0 bridgehead atoms. The second-order valence-corrected chi connectivity index (χ2v) is 5.08. The van der Waals surface area contributed by atoms with Crippen molar-refractivity contribution in [1.82, 2.24) is 20.5 Å². The first-order valence-corrected chi connectivity index (χ1v) is 7.04. The molecule has 0 aliphatic rings. The number of nitrogens with one attached hydrogen (secondary N) is 2. The molecular weight excluding hydrogens is 268 g/mol. The Hall–Kier alpha value is -2.21. The lowest BCUT2D eigenvalue weighted by molar-refractivity contribution is 0.0850. The van der Waals surface area contributed by atoms with E-state index in [2.05, 4.69) is 20.5 Å². The molecule has 21 heavy (non-hydrogen) atoms. The highest BCUT2D eigenvalue weighted by molar-refractivity contribution is 5.95. The predicted octanol–water partition coefficient (Wildman–Crippen LogP) is 1.61. The SMILES string of the molecule is CCC(C)C(O)CNC(=O)c1cccc(-c2ncn[nH]2)c1. The predicted molar refractivity (Wildman–Crippen MR) is 79.6 cm³/mol. The van der Waals surface area contributed by atoms with Crippen molar-refractivity contribution in [3.63, 3.8) is 0 Å². The van der Waals surface area contributed by atoms with E-state index in [9.17, 15) is 9.90 Å². The van der Waals surface area contributed by atoms with Crippen LogP contribution in [-0.2, 0) is 0 Å². The van der Waals surface area contributed by atoms with Gasteiger partial charge in [-0.3, -0.25) is 9.89 Å². The second-order valence-electron chi connectivity index (χ2n) is 5.08. The van der Waals surface area contributed by atoms with Gasteiger partial charge in [0.05, 0.1) is 6.10 Å². The molecule has 0 aliphatic carbocycles. The molecule has 6 heteroatoms. The Bertz CT molecular complexity index is 583. The van der Waals surface area contributed by atoms with Gasteiger partial charge in [0.25, 0.3) is 5.91 Å². The van der Waals surface area contributed by atoms with E-state index in [0.717, 1.165) is 12.0 Å². The summed E-state index contributed by atoms with van der Waals surface area (Å²) in [7, 11) is 0. The van der Waals surface area contributed by atoms with Gasteiger partial charge in [0.2, 0.25) is 0 Å². The standard InChI is InChI=1S/C15H20N4O2/c1-3-10(2)13(20)8-16-15(21)12-6-4-5-11(7-12)14-17-9-18-19-14/h4-7,9-10,13,20H,3,8H2,1-2H3,(H,16,21)(H,17,18,19).